The molecule has 0 unspecified atom stereocenters. The molecule has 0 spiro atoms. The summed E-state index contributed by atoms with van der Waals surface area (Å²) < 4.78 is 0. The number of nitrogens with zero attached hydrogens (tertiary/aromatic N) is 2. The van der Waals surface area contributed by atoms with Crippen molar-refractivity contribution >= 4 is 23.1 Å². The highest BCUT2D eigenvalue weighted by Crippen LogP contribution is 2.48. The normalized spacial score (nSPS) is 16.3. The molecule has 1 fully saturated rings. The zero-order chi connectivity index (χ0) is 13.2. The number of aliphatic hydroxyl groups excluding tert-OH is 1. The van der Waals surface area contributed by atoms with Crippen molar-refractivity contribution in [3.8, 4) is 0 Å². The van der Waals surface area contributed by atoms with E-state index in [2.05, 4.69) is 10.3 Å². The minimum absolute atomic E-state index is 0.0792. The van der Waals surface area contributed by atoms with Crippen LogP contribution >= 0.6 is 11.6 Å². The van der Waals surface area contributed by atoms with E-state index in [9.17, 15) is 10.1 Å². The van der Waals surface area contributed by atoms with Crippen molar-refractivity contribution in [3.05, 3.63) is 27.4 Å². The van der Waals surface area contributed by atoms with E-state index in [1.165, 1.54) is 12.1 Å². The summed E-state index contributed by atoms with van der Waals surface area (Å²) in [5.74, 6) is 0.401. The number of rotatable bonds is 6. The summed E-state index contributed by atoms with van der Waals surface area (Å²) in [6, 6.07) is 2.58. The topological polar surface area (TPSA) is 88.3 Å². The molecule has 0 amide bonds. The second-order valence-electron chi connectivity index (χ2n) is 4.62. The molecule has 1 saturated carbocycles. The second kappa shape index (κ2) is 5.07. The summed E-state index contributed by atoms with van der Waals surface area (Å²) in [6.07, 6.45) is 2.86. The third-order valence-corrected chi connectivity index (χ3v) is 3.43. The van der Waals surface area contributed by atoms with Crippen LogP contribution in [0.15, 0.2) is 12.1 Å². The smallest absolute Gasteiger partial charge is 0.276 e. The summed E-state index contributed by atoms with van der Waals surface area (Å²) in [4.78, 5) is 14.2. The fourth-order valence-corrected chi connectivity index (χ4v) is 2.09. The third kappa shape index (κ3) is 3.08. The maximum Gasteiger partial charge on any atom is 0.276 e. The number of aliphatic hydroxyl groups is 1. The zero-order valence-corrected chi connectivity index (χ0v) is 10.5. The molecule has 1 aromatic rings. The quantitative estimate of drug-likeness (QED) is 0.470. The van der Waals surface area contributed by atoms with E-state index in [1.807, 2.05) is 0 Å². The van der Waals surface area contributed by atoms with Gasteiger partial charge in [0.2, 0.25) is 0 Å². The Kier molecular flexibility index (Phi) is 3.68. The van der Waals surface area contributed by atoms with Crippen LogP contribution < -0.4 is 5.32 Å². The van der Waals surface area contributed by atoms with Crippen molar-refractivity contribution in [1.29, 1.82) is 0 Å². The number of hydrogen-bond acceptors (Lipinski definition) is 5. The summed E-state index contributed by atoms with van der Waals surface area (Å²) in [5.41, 5.74) is 0.0394. The van der Waals surface area contributed by atoms with E-state index in [0.29, 0.717) is 12.4 Å². The first kappa shape index (κ1) is 13.0. The van der Waals surface area contributed by atoms with E-state index in [-0.39, 0.29) is 22.9 Å². The molecular formula is C11H14ClN3O3. The van der Waals surface area contributed by atoms with E-state index in [4.69, 9.17) is 16.7 Å². The minimum atomic E-state index is -0.501. The van der Waals surface area contributed by atoms with E-state index in [0.717, 1.165) is 19.3 Å². The van der Waals surface area contributed by atoms with Gasteiger partial charge in [0.05, 0.1) is 17.1 Å². The van der Waals surface area contributed by atoms with Crippen LogP contribution in [0.1, 0.15) is 19.3 Å². The first-order chi connectivity index (χ1) is 8.54. The van der Waals surface area contributed by atoms with Gasteiger partial charge in [-0.2, -0.15) is 0 Å². The Morgan fingerprint density at radius 3 is 2.83 bits per heavy atom. The first-order valence-corrected chi connectivity index (χ1v) is 6.09. The van der Waals surface area contributed by atoms with Crippen LogP contribution in [0.2, 0.25) is 5.15 Å². The fraction of sp³-hybridized carbons (Fsp3) is 0.545. The number of nitro groups is 1. The largest absolute Gasteiger partial charge is 0.396 e. The molecule has 0 aliphatic heterocycles. The molecule has 1 aliphatic rings. The lowest BCUT2D eigenvalue weighted by molar-refractivity contribution is -0.384. The monoisotopic (exact) mass is 271 g/mol. The summed E-state index contributed by atoms with van der Waals surface area (Å²) in [6.45, 7) is 0.808. The molecule has 7 heteroatoms. The van der Waals surface area contributed by atoms with Crippen molar-refractivity contribution in [2.45, 2.75) is 19.3 Å². The molecule has 2 rings (SSSR count). The molecule has 1 aromatic heterocycles. The van der Waals surface area contributed by atoms with Crippen LogP contribution in [-0.4, -0.2) is 28.2 Å². The number of nitrogens with one attached hydrogen (secondary N) is 1. The maximum absolute atomic E-state index is 10.7. The average Bonchev–Trinajstić information content (AvgIpc) is 3.07. The Morgan fingerprint density at radius 2 is 2.28 bits per heavy atom. The Morgan fingerprint density at radius 1 is 1.56 bits per heavy atom. The van der Waals surface area contributed by atoms with Crippen LogP contribution in [0.5, 0.6) is 0 Å². The highest BCUT2D eigenvalue weighted by molar-refractivity contribution is 6.29. The third-order valence-electron chi connectivity index (χ3n) is 3.23. The molecule has 98 valence electrons. The molecule has 6 nitrogen and oxygen atoms in total. The molecular weight excluding hydrogens is 258 g/mol. The van der Waals surface area contributed by atoms with Gasteiger partial charge in [0.25, 0.3) is 5.69 Å². The highest BCUT2D eigenvalue weighted by atomic mass is 35.5. The number of halogens is 1. The van der Waals surface area contributed by atoms with Crippen LogP contribution in [0, 0.1) is 15.5 Å². The van der Waals surface area contributed by atoms with E-state index < -0.39 is 4.92 Å². The number of pyridine rings is 1. The SMILES string of the molecule is O=[N+]([O-])c1cc(Cl)nc(NCC2(CCO)CC2)c1. The summed E-state index contributed by atoms with van der Waals surface area (Å²) in [5, 5.41) is 22.8. The van der Waals surface area contributed by atoms with E-state index in [1.54, 1.807) is 0 Å². The van der Waals surface area contributed by atoms with Gasteiger partial charge in [0.15, 0.2) is 0 Å². The predicted molar refractivity (Wildman–Crippen MR) is 67.8 cm³/mol. The molecule has 0 saturated heterocycles. The van der Waals surface area contributed by atoms with E-state index >= 15 is 0 Å². The molecule has 1 heterocycles. The molecule has 0 aromatic carbocycles. The first-order valence-electron chi connectivity index (χ1n) is 5.71. The number of aromatic nitrogens is 1. The fourth-order valence-electron chi connectivity index (χ4n) is 1.89. The van der Waals surface area contributed by atoms with Gasteiger partial charge in [-0.1, -0.05) is 11.6 Å². The van der Waals surface area contributed by atoms with Crippen LogP contribution in [0.4, 0.5) is 11.5 Å². The van der Waals surface area contributed by atoms with Crippen molar-refractivity contribution in [1.82, 2.24) is 4.98 Å². The Balaban J connectivity index is 2.03. The van der Waals surface area contributed by atoms with Gasteiger partial charge < -0.3 is 10.4 Å². The highest BCUT2D eigenvalue weighted by Gasteiger charge is 2.41. The standard InChI is InChI=1S/C11H14ClN3O3/c12-9-5-8(15(17)18)6-10(14-9)13-7-11(1-2-11)3-4-16/h5-6,16H,1-4,7H2,(H,13,14). The summed E-state index contributed by atoms with van der Waals surface area (Å²) >= 11 is 5.73. The Labute approximate surface area is 109 Å². The lowest BCUT2D eigenvalue weighted by Crippen LogP contribution is -2.17. The van der Waals surface area contributed by atoms with Gasteiger partial charge >= 0.3 is 0 Å². The lowest BCUT2D eigenvalue weighted by atomic mass is 10.0. The van der Waals surface area contributed by atoms with Gasteiger partial charge in [-0.25, -0.2) is 4.98 Å². The summed E-state index contributed by atoms with van der Waals surface area (Å²) in [7, 11) is 0. The molecule has 1 aliphatic carbocycles. The van der Waals surface area contributed by atoms with Crippen molar-refractivity contribution in [2.75, 3.05) is 18.5 Å². The molecule has 18 heavy (non-hydrogen) atoms. The van der Waals surface area contributed by atoms with Gasteiger partial charge in [0.1, 0.15) is 11.0 Å². The Bertz CT molecular complexity index is 463. The minimum Gasteiger partial charge on any atom is -0.396 e. The average molecular weight is 272 g/mol. The second-order valence-corrected chi connectivity index (χ2v) is 5.00. The van der Waals surface area contributed by atoms with Crippen LogP contribution in [0.3, 0.4) is 0 Å². The van der Waals surface area contributed by atoms with Crippen molar-refractivity contribution in [3.63, 3.8) is 0 Å². The van der Waals surface area contributed by atoms with Gasteiger partial charge in [-0.3, -0.25) is 10.1 Å². The van der Waals surface area contributed by atoms with Gasteiger partial charge in [-0.15, -0.1) is 0 Å². The number of hydrogen-bond donors (Lipinski definition) is 2. The molecule has 0 radical (unpaired) electrons. The number of anilines is 1. The zero-order valence-electron chi connectivity index (χ0n) is 9.73. The predicted octanol–water partition coefficient (Wildman–Crippen LogP) is 2.22. The molecule has 0 atom stereocenters. The van der Waals surface area contributed by atoms with Crippen molar-refractivity contribution in [2.24, 2.45) is 5.41 Å². The van der Waals surface area contributed by atoms with Gasteiger partial charge in [0, 0.05) is 13.2 Å². The van der Waals surface area contributed by atoms with Crippen LogP contribution in [0.25, 0.3) is 0 Å². The lowest BCUT2D eigenvalue weighted by Gasteiger charge is -2.14. The maximum atomic E-state index is 10.7. The van der Waals surface area contributed by atoms with Crippen LogP contribution in [-0.2, 0) is 0 Å². The molecule has 0 bridgehead atoms. The Hall–Kier alpha value is -1.40. The molecule has 2 N–H and O–H groups in total. The van der Waals surface area contributed by atoms with Crippen molar-refractivity contribution < 1.29 is 10.0 Å². The van der Waals surface area contributed by atoms with Gasteiger partial charge in [-0.05, 0) is 24.7 Å².